The number of carbonyl (C=O) groups excluding carboxylic acids is 7. The molecule has 5 amide bonds. The minimum Gasteiger partial charge on any atom is -0.756 e. The number of aromatic nitrogens is 4. The molecule has 27 heteroatoms. The topological polar surface area (TPSA) is 320 Å². The Kier molecular flexibility index (Phi) is 28.4. The van der Waals surface area contributed by atoms with Crippen molar-refractivity contribution in [3.63, 3.8) is 0 Å². The number of carbonyl (C=O) groups is 7. The molecule has 4 aromatic rings. The molecule has 0 aliphatic rings. The standard InChI is InChI=1S/C56H86N11O15P/c1-9-10-11-12-13-14-15-16-17-18-19-20-21-22-23-24-51(69)79-39-45(40-81-83(77,78)80-30-29-67(6,7)8)82-52(70)26-28-58-54(72)47-32-42(36-63(47)3)60-55(73)48-31-41(35-64(48)4)59-50(68)25-27-57-53(71)46-33-43(37-62(46)2)61-56(74)49-34-44(66(75)76)38-65(49)5/h31-38,45H,9-30,39-40H2,1-8H3,(H5-,57,58,59,60,61,68,71,72,73,74,77,78)/t45-/m1/s1. The summed E-state index contributed by atoms with van der Waals surface area (Å²) in [5.41, 5.74) is 1.06. The van der Waals surface area contributed by atoms with Gasteiger partial charge in [0.25, 0.3) is 37.1 Å². The predicted molar refractivity (Wildman–Crippen MR) is 310 cm³/mol. The van der Waals surface area contributed by atoms with Crippen LogP contribution in [0.5, 0.6) is 0 Å². The number of hydrogen-bond acceptors (Lipinski definition) is 15. The highest BCUT2D eigenvalue weighted by atomic mass is 31.2. The number of hydrogen-bond donors (Lipinski definition) is 5. The van der Waals surface area contributed by atoms with E-state index >= 15 is 0 Å². The highest BCUT2D eigenvalue weighted by Gasteiger charge is 2.24. The van der Waals surface area contributed by atoms with E-state index < -0.39 is 73.5 Å². The number of aryl methyl sites for hydroxylation is 4. The predicted octanol–water partition coefficient (Wildman–Crippen LogP) is 7.26. The molecule has 2 atom stereocenters. The molecule has 0 aliphatic carbocycles. The Morgan fingerprint density at radius 2 is 1.00 bits per heavy atom. The number of quaternary nitrogens is 1. The molecule has 0 spiro atoms. The summed E-state index contributed by atoms with van der Waals surface area (Å²) in [6.07, 6.45) is 21.8. The Hall–Kier alpha value is -7.12. The molecular formula is C56H86N11O15P. The highest BCUT2D eigenvalue weighted by Crippen LogP contribution is 2.38. The van der Waals surface area contributed by atoms with Crippen molar-refractivity contribution >= 4 is 72.0 Å². The van der Waals surface area contributed by atoms with Crippen molar-refractivity contribution in [2.24, 2.45) is 28.2 Å². The lowest BCUT2D eigenvalue weighted by Crippen LogP contribution is -2.37. The first-order valence-corrected chi connectivity index (χ1v) is 29.8. The molecular weight excluding hydrogens is 1100 g/mol. The van der Waals surface area contributed by atoms with Crippen molar-refractivity contribution in [2.45, 2.75) is 129 Å². The second-order valence-corrected chi connectivity index (χ2v) is 23.1. The van der Waals surface area contributed by atoms with Gasteiger partial charge < -0.3 is 72.8 Å². The van der Waals surface area contributed by atoms with E-state index in [9.17, 15) is 53.1 Å². The Morgan fingerprint density at radius 1 is 0.566 bits per heavy atom. The van der Waals surface area contributed by atoms with E-state index in [1.165, 1.54) is 133 Å². The monoisotopic (exact) mass is 1180 g/mol. The highest BCUT2D eigenvalue weighted by molar-refractivity contribution is 7.45. The Morgan fingerprint density at radius 3 is 1.47 bits per heavy atom. The van der Waals surface area contributed by atoms with Crippen LogP contribution in [0.15, 0.2) is 49.1 Å². The van der Waals surface area contributed by atoms with Gasteiger partial charge in [-0.15, -0.1) is 0 Å². The minimum absolute atomic E-state index is 0.0417. The van der Waals surface area contributed by atoms with Gasteiger partial charge in [0.15, 0.2) is 6.10 Å². The largest absolute Gasteiger partial charge is 0.756 e. The summed E-state index contributed by atoms with van der Waals surface area (Å²) < 4.78 is 39.6. The van der Waals surface area contributed by atoms with Crippen LogP contribution < -0.4 is 31.5 Å². The first kappa shape index (κ1) is 68.4. The summed E-state index contributed by atoms with van der Waals surface area (Å²) in [6, 6.07) is 5.41. The molecule has 0 saturated heterocycles. The normalized spacial score (nSPS) is 12.5. The van der Waals surface area contributed by atoms with Crippen molar-refractivity contribution in [1.29, 1.82) is 0 Å². The van der Waals surface area contributed by atoms with Crippen molar-refractivity contribution < 1.29 is 70.9 Å². The Balaban J connectivity index is 1.19. The summed E-state index contributed by atoms with van der Waals surface area (Å²) in [6.45, 7) is 1.06. The lowest BCUT2D eigenvalue weighted by Gasteiger charge is -2.28. The van der Waals surface area contributed by atoms with Crippen LogP contribution in [-0.4, -0.2) is 136 Å². The number of nitrogens with one attached hydrogen (secondary N) is 5. The minimum atomic E-state index is -4.82. The fraction of sp³-hybridized carbons (Fsp3) is 0.589. The number of nitrogens with zero attached hydrogens (tertiary/aromatic N) is 6. The van der Waals surface area contributed by atoms with E-state index in [1.54, 1.807) is 21.1 Å². The van der Waals surface area contributed by atoms with E-state index in [0.29, 0.717) is 23.1 Å². The maximum absolute atomic E-state index is 13.4. The maximum atomic E-state index is 13.4. The molecule has 5 N–H and O–H groups in total. The van der Waals surface area contributed by atoms with E-state index in [2.05, 4.69) is 33.5 Å². The molecule has 4 rings (SSSR count). The number of phosphoric acid groups is 1. The molecule has 1 unspecified atom stereocenters. The molecule has 0 aliphatic heterocycles. The smallest absolute Gasteiger partial charge is 0.308 e. The number of rotatable bonds is 40. The van der Waals surface area contributed by atoms with Gasteiger partial charge in [-0.2, -0.15) is 0 Å². The van der Waals surface area contributed by atoms with Gasteiger partial charge in [-0.05, 0) is 24.6 Å². The molecule has 0 saturated carbocycles. The van der Waals surface area contributed by atoms with Gasteiger partial charge in [0.1, 0.15) is 42.5 Å². The fourth-order valence-electron chi connectivity index (χ4n) is 8.71. The van der Waals surface area contributed by atoms with Gasteiger partial charge in [-0.3, -0.25) is 48.2 Å². The van der Waals surface area contributed by atoms with Crippen LogP contribution in [0.4, 0.5) is 22.7 Å². The third kappa shape index (κ3) is 25.5. The number of unbranched alkanes of at least 4 members (excludes halogenated alkanes) is 14. The number of anilines is 3. The maximum Gasteiger partial charge on any atom is 0.308 e. The number of amides is 5. The van der Waals surface area contributed by atoms with Crippen LogP contribution in [0, 0.1) is 10.1 Å². The third-order valence-corrected chi connectivity index (χ3v) is 14.3. The van der Waals surface area contributed by atoms with Crippen LogP contribution in [0.3, 0.4) is 0 Å². The first-order chi connectivity index (χ1) is 39.3. The summed E-state index contributed by atoms with van der Waals surface area (Å²) in [4.78, 5) is 114. The van der Waals surface area contributed by atoms with Crippen LogP contribution in [0.1, 0.15) is 164 Å². The number of phosphoric ester groups is 1. The average Bonchev–Trinajstić information content (AvgIpc) is 4.28. The Labute approximate surface area is 485 Å². The molecule has 83 heavy (non-hydrogen) atoms. The van der Waals surface area contributed by atoms with Crippen molar-refractivity contribution in [3.8, 4) is 0 Å². The zero-order chi connectivity index (χ0) is 61.1. The van der Waals surface area contributed by atoms with E-state index in [-0.39, 0.29) is 78.8 Å². The van der Waals surface area contributed by atoms with Gasteiger partial charge in [0.2, 0.25) is 5.91 Å². The molecule has 4 aromatic heterocycles. The second kappa shape index (κ2) is 34.5. The number of nitro groups is 1. The average molecular weight is 1180 g/mol. The quantitative estimate of drug-likeness (QED) is 0.00731. The van der Waals surface area contributed by atoms with Crippen molar-refractivity contribution in [3.05, 3.63) is 81.9 Å². The third-order valence-electron chi connectivity index (χ3n) is 13.3. The van der Waals surface area contributed by atoms with Crippen molar-refractivity contribution in [2.75, 3.05) is 76.5 Å². The van der Waals surface area contributed by atoms with E-state index in [4.69, 9.17) is 18.5 Å². The van der Waals surface area contributed by atoms with E-state index in [0.717, 1.165) is 31.7 Å². The van der Waals surface area contributed by atoms with Gasteiger partial charge in [0, 0.05) is 78.8 Å². The SMILES string of the molecule is CCCCCCCCCCCCCCCCCC(=O)OC[C@H](COP(=O)([O-])OCC[N+](C)(C)C)OC(=O)CCNC(=O)c1cc(NC(=O)c2cc(NC(=O)CCNC(=O)c3cc(NC(=O)c4cc([N+](=O)[O-])cn4C)cn3C)cn2C)cn1C. The molecule has 0 fully saturated rings. The molecule has 0 radical (unpaired) electrons. The molecule has 0 aromatic carbocycles. The van der Waals surface area contributed by atoms with Crippen LogP contribution in [0.2, 0.25) is 0 Å². The summed E-state index contributed by atoms with van der Waals surface area (Å²) in [5, 5.41) is 24.4. The lowest BCUT2D eigenvalue weighted by atomic mass is 10.0. The second-order valence-electron chi connectivity index (χ2n) is 21.7. The zero-order valence-electron chi connectivity index (χ0n) is 49.4. The fourth-order valence-corrected chi connectivity index (χ4v) is 9.44. The summed E-state index contributed by atoms with van der Waals surface area (Å²) in [7, 11) is 7.01. The summed E-state index contributed by atoms with van der Waals surface area (Å²) in [5.74, 6) is -4.14. The number of esters is 2. The number of ether oxygens (including phenoxy) is 2. The van der Waals surface area contributed by atoms with Gasteiger partial charge in [-0.1, -0.05) is 96.8 Å². The molecule has 0 bridgehead atoms. The van der Waals surface area contributed by atoms with Crippen molar-refractivity contribution in [1.82, 2.24) is 28.9 Å². The van der Waals surface area contributed by atoms with Gasteiger partial charge >= 0.3 is 11.9 Å². The molecule has 4 heterocycles. The molecule has 460 valence electrons. The first-order valence-electron chi connectivity index (χ1n) is 28.4. The van der Waals surface area contributed by atoms with Crippen LogP contribution >= 0.6 is 7.82 Å². The van der Waals surface area contributed by atoms with E-state index in [1.807, 2.05) is 21.1 Å². The Bertz CT molecular complexity index is 2850. The number of likely N-dealkylation sites (N-methyl/N-ethyl adjacent to an activating group) is 1. The summed E-state index contributed by atoms with van der Waals surface area (Å²) >= 11 is 0. The zero-order valence-corrected chi connectivity index (χ0v) is 50.3. The van der Waals surface area contributed by atoms with Gasteiger partial charge in [-0.25, -0.2) is 0 Å². The molecule has 26 nitrogen and oxygen atoms in total. The van der Waals surface area contributed by atoms with Crippen LogP contribution in [-0.2, 0) is 65.7 Å². The van der Waals surface area contributed by atoms with Gasteiger partial charge in [0.05, 0.1) is 62.4 Å². The van der Waals surface area contributed by atoms with Crippen LogP contribution in [0.25, 0.3) is 0 Å². The lowest BCUT2D eigenvalue weighted by molar-refractivity contribution is -0.870.